The largest absolute Gasteiger partial charge is 0.407 e. The van der Waals surface area contributed by atoms with E-state index in [1.165, 1.54) is 15.3 Å². The minimum Gasteiger partial charge on any atom is -0.407 e. The summed E-state index contributed by atoms with van der Waals surface area (Å²) in [5, 5.41) is 10.6. The number of thioether (sulfide) groups is 1. The van der Waals surface area contributed by atoms with Crippen molar-refractivity contribution in [2.24, 2.45) is 5.92 Å². The van der Waals surface area contributed by atoms with Crippen LogP contribution in [-0.2, 0) is 21.2 Å². The fourth-order valence-corrected chi connectivity index (χ4v) is 6.94. The molecule has 0 spiro atoms. The summed E-state index contributed by atoms with van der Waals surface area (Å²) >= 11 is 8.57. The van der Waals surface area contributed by atoms with E-state index in [4.69, 9.17) is 16.0 Å². The fourth-order valence-electron chi connectivity index (χ4n) is 3.42. The van der Waals surface area contributed by atoms with Crippen LogP contribution in [0.2, 0.25) is 4.34 Å². The first-order chi connectivity index (χ1) is 15.3. The number of carbonyl (C=O) groups is 1. The molecule has 32 heavy (non-hydrogen) atoms. The summed E-state index contributed by atoms with van der Waals surface area (Å²) in [5.74, 6) is -0.170. The van der Waals surface area contributed by atoms with Crippen LogP contribution in [0.3, 0.4) is 0 Å². The zero-order chi connectivity index (χ0) is 22.7. The fraction of sp³-hybridized carbons (Fsp3) is 0.350. The molecule has 0 aliphatic carbocycles. The first-order valence-electron chi connectivity index (χ1n) is 9.87. The van der Waals surface area contributed by atoms with Gasteiger partial charge < -0.3 is 4.42 Å². The Labute approximate surface area is 199 Å². The Morgan fingerprint density at radius 1 is 1.22 bits per heavy atom. The van der Waals surface area contributed by atoms with Crippen LogP contribution in [0.1, 0.15) is 24.3 Å². The maximum atomic E-state index is 12.7. The van der Waals surface area contributed by atoms with Gasteiger partial charge in [0.2, 0.25) is 11.8 Å². The number of nitrogens with one attached hydrogen (secondary N) is 1. The number of rotatable bonds is 7. The molecule has 12 heteroatoms. The third-order valence-corrected chi connectivity index (χ3v) is 9.52. The number of carbonyl (C=O) groups excluding carboxylic acids is 1. The molecule has 1 aromatic carbocycles. The number of piperidine rings is 1. The molecule has 170 valence electrons. The number of halogens is 1. The van der Waals surface area contributed by atoms with Crippen LogP contribution in [0.5, 0.6) is 0 Å². The molecule has 1 N–H and O–H groups in total. The lowest BCUT2D eigenvalue weighted by molar-refractivity contribution is -0.121. The van der Waals surface area contributed by atoms with Gasteiger partial charge in [0, 0.05) is 23.9 Å². The van der Waals surface area contributed by atoms with Crippen LogP contribution in [0.4, 0.5) is 6.01 Å². The van der Waals surface area contributed by atoms with E-state index in [1.54, 1.807) is 17.8 Å². The maximum Gasteiger partial charge on any atom is 0.322 e. The molecule has 2 aromatic heterocycles. The third kappa shape index (κ3) is 5.34. The molecule has 0 saturated carbocycles. The van der Waals surface area contributed by atoms with Gasteiger partial charge in [-0.2, -0.15) is 4.31 Å². The zero-order valence-electron chi connectivity index (χ0n) is 17.2. The highest BCUT2D eigenvalue weighted by molar-refractivity contribution is 7.98. The number of thiophene rings is 1. The van der Waals surface area contributed by atoms with Gasteiger partial charge in [-0.3, -0.25) is 10.1 Å². The summed E-state index contributed by atoms with van der Waals surface area (Å²) in [6.45, 7) is 0.522. The van der Waals surface area contributed by atoms with E-state index >= 15 is 0 Å². The Morgan fingerprint density at radius 3 is 2.56 bits per heavy atom. The predicted octanol–water partition coefficient (Wildman–Crippen LogP) is 4.14. The molecule has 1 saturated heterocycles. The van der Waals surface area contributed by atoms with Gasteiger partial charge in [0.25, 0.3) is 10.0 Å². The van der Waals surface area contributed by atoms with Gasteiger partial charge in [-0.25, -0.2) is 8.42 Å². The number of aromatic nitrogens is 2. The van der Waals surface area contributed by atoms with Gasteiger partial charge in [0.1, 0.15) is 4.21 Å². The Kier molecular flexibility index (Phi) is 7.21. The Balaban J connectivity index is 1.30. The molecule has 0 atom stereocenters. The lowest BCUT2D eigenvalue weighted by atomic mass is 9.97. The van der Waals surface area contributed by atoms with Crippen molar-refractivity contribution < 1.29 is 17.6 Å². The monoisotopic (exact) mass is 512 g/mol. The van der Waals surface area contributed by atoms with E-state index < -0.39 is 10.0 Å². The predicted molar refractivity (Wildman–Crippen MR) is 125 cm³/mol. The topological polar surface area (TPSA) is 105 Å². The molecule has 1 fully saturated rings. The molecule has 1 aliphatic heterocycles. The smallest absolute Gasteiger partial charge is 0.322 e. The highest BCUT2D eigenvalue weighted by Crippen LogP contribution is 2.30. The summed E-state index contributed by atoms with van der Waals surface area (Å²) in [7, 11) is -3.59. The molecule has 3 heterocycles. The molecular weight excluding hydrogens is 492 g/mol. The maximum absolute atomic E-state index is 12.7. The number of benzene rings is 1. The summed E-state index contributed by atoms with van der Waals surface area (Å²) in [6, 6.07) is 11.2. The summed E-state index contributed by atoms with van der Waals surface area (Å²) in [5.41, 5.74) is 1.03. The number of hydrogen-bond acceptors (Lipinski definition) is 8. The molecule has 8 nitrogen and oxygen atoms in total. The molecule has 1 amide bonds. The van der Waals surface area contributed by atoms with E-state index in [1.807, 2.05) is 30.5 Å². The Bertz CT molecular complexity index is 1190. The molecule has 0 bridgehead atoms. The van der Waals surface area contributed by atoms with Crippen molar-refractivity contribution in [3.05, 3.63) is 52.2 Å². The van der Waals surface area contributed by atoms with Gasteiger partial charge in [-0.05, 0) is 48.9 Å². The van der Waals surface area contributed by atoms with Crippen molar-refractivity contribution in [2.45, 2.75) is 28.4 Å². The van der Waals surface area contributed by atoms with E-state index in [-0.39, 0.29) is 35.1 Å². The normalized spacial score (nSPS) is 15.7. The molecule has 1 aliphatic rings. The van der Waals surface area contributed by atoms with Crippen LogP contribution in [0, 0.1) is 5.92 Å². The van der Waals surface area contributed by atoms with E-state index in [0.29, 0.717) is 29.5 Å². The van der Waals surface area contributed by atoms with Crippen LogP contribution in [0.15, 0.2) is 49.9 Å². The van der Waals surface area contributed by atoms with Crippen LogP contribution >= 0.6 is 34.7 Å². The van der Waals surface area contributed by atoms with Gasteiger partial charge in [0.15, 0.2) is 0 Å². The highest BCUT2D eigenvalue weighted by Gasteiger charge is 2.33. The van der Waals surface area contributed by atoms with Crippen molar-refractivity contribution in [3.8, 4) is 0 Å². The lowest BCUT2D eigenvalue weighted by Crippen LogP contribution is -2.41. The lowest BCUT2D eigenvalue weighted by Gasteiger charge is -2.29. The molecule has 4 rings (SSSR count). The highest BCUT2D eigenvalue weighted by atomic mass is 35.5. The SMILES string of the molecule is CSc1ccc(Cc2nnc(NC(=O)C3CCN(S(=O)(=O)c4ccc(Cl)s4)CC3)o2)cc1. The standard InChI is InChI=1S/C20H21ClN4O4S3/c1-30-15-4-2-13(3-5-15)12-17-23-24-20(29-17)22-19(26)14-8-10-25(11-9-14)32(27,28)18-7-6-16(21)31-18/h2-7,14H,8-12H2,1H3,(H,22,24,26). The second kappa shape index (κ2) is 9.92. The van der Waals surface area contributed by atoms with Crippen molar-refractivity contribution >= 4 is 56.6 Å². The molecule has 0 radical (unpaired) electrons. The van der Waals surface area contributed by atoms with Gasteiger partial charge >= 0.3 is 6.01 Å². The average Bonchev–Trinajstić information content (AvgIpc) is 3.43. The van der Waals surface area contributed by atoms with Crippen molar-refractivity contribution in [1.82, 2.24) is 14.5 Å². The number of nitrogens with zero attached hydrogens (tertiary/aromatic N) is 3. The quantitative estimate of drug-likeness (QED) is 0.474. The van der Waals surface area contributed by atoms with Crippen molar-refractivity contribution in [1.29, 1.82) is 0 Å². The number of sulfonamides is 1. The minimum atomic E-state index is -3.59. The molecule has 0 unspecified atom stereocenters. The van der Waals surface area contributed by atoms with E-state index in [0.717, 1.165) is 16.9 Å². The van der Waals surface area contributed by atoms with Crippen LogP contribution in [0.25, 0.3) is 0 Å². The summed E-state index contributed by atoms with van der Waals surface area (Å²) < 4.78 is 33.0. The molecular formula is C20H21ClN4O4S3. The Hall–Kier alpha value is -1.92. The first-order valence-corrected chi connectivity index (χ1v) is 13.7. The van der Waals surface area contributed by atoms with Gasteiger partial charge in [-0.1, -0.05) is 28.8 Å². The first kappa shape index (κ1) is 23.2. The third-order valence-electron chi connectivity index (χ3n) is 5.18. The van der Waals surface area contributed by atoms with Crippen LogP contribution < -0.4 is 5.32 Å². The molecule has 3 aromatic rings. The second-order valence-electron chi connectivity index (χ2n) is 7.25. The van der Waals surface area contributed by atoms with Gasteiger partial charge in [-0.15, -0.1) is 28.2 Å². The minimum absolute atomic E-state index is 0.0500. The van der Waals surface area contributed by atoms with Crippen molar-refractivity contribution in [2.75, 3.05) is 24.7 Å². The number of hydrogen-bond donors (Lipinski definition) is 1. The second-order valence-corrected chi connectivity index (χ2v) is 12.0. The zero-order valence-corrected chi connectivity index (χ0v) is 20.4. The van der Waals surface area contributed by atoms with E-state index in [2.05, 4.69) is 15.5 Å². The van der Waals surface area contributed by atoms with E-state index in [9.17, 15) is 13.2 Å². The average molecular weight is 513 g/mol. The summed E-state index contributed by atoms with van der Waals surface area (Å²) in [6.07, 6.45) is 3.31. The number of amides is 1. The van der Waals surface area contributed by atoms with Crippen molar-refractivity contribution in [3.63, 3.8) is 0 Å². The van der Waals surface area contributed by atoms with Crippen LogP contribution in [-0.4, -0.2) is 48.2 Å². The Morgan fingerprint density at radius 2 is 1.94 bits per heavy atom. The number of anilines is 1. The van der Waals surface area contributed by atoms with Gasteiger partial charge in [0.05, 0.1) is 10.8 Å². The summed E-state index contributed by atoms with van der Waals surface area (Å²) in [4.78, 5) is 13.8.